The molecule has 7 heteroatoms. The van der Waals surface area contributed by atoms with E-state index in [1.54, 1.807) is 0 Å². The topological polar surface area (TPSA) is 68.0 Å². The average molecular weight is 321 g/mol. The van der Waals surface area contributed by atoms with Gasteiger partial charge in [0.25, 0.3) is 5.91 Å². The molecule has 3 rings (SSSR count). The van der Waals surface area contributed by atoms with Crippen LogP contribution in [0.5, 0.6) is 0 Å². The minimum absolute atomic E-state index is 0.182. The van der Waals surface area contributed by atoms with E-state index in [2.05, 4.69) is 15.5 Å². The third-order valence-corrected chi connectivity index (χ3v) is 4.20. The Hall–Kier alpha value is -2.31. The molecule has 0 radical (unpaired) electrons. The zero-order valence-electron chi connectivity index (χ0n) is 12.7. The number of amides is 1. The average Bonchev–Trinajstić information content (AvgIpc) is 2.89. The first kappa shape index (κ1) is 15.6. The van der Waals surface area contributed by atoms with E-state index in [0.29, 0.717) is 12.0 Å². The SMILES string of the molecule is Cc1c(C2CCCCC2)noc1NC(=O)c1ncc(F)cc1F. The molecule has 0 bridgehead atoms. The number of rotatable bonds is 3. The molecule has 0 saturated heterocycles. The smallest absolute Gasteiger partial charge is 0.279 e. The number of aromatic nitrogens is 2. The molecule has 5 nitrogen and oxygen atoms in total. The van der Waals surface area contributed by atoms with Crippen molar-refractivity contribution in [2.75, 3.05) is 5.32 Å². The van der Waals surface area contributed by atoms with E-state index >= 15 is 0 Å². The number of hydrogen-bond acceptors (Lipinski definition) is 4. The van der Waals surface area contributed by atoms with E-state index in [1.807, 2.05) is 6.92 Å². The van der Waals surface area contributed by atoms with Gasteiger partial charge in [0.2, 0.25) is 5.88 Å². The van der Waals surface area contributed by atoms with E-state index in [9.17, 15) is 13.6 Å². The minimum Gasteiger partial charge on any atom is -0.338 e. The van der Waals surface area contributed by atoms with E-state index < -0.39 is 23.2 Å². The van der Waals surface area contributed by atoms with Crippen molar-refractivity contribution in [3.8, 4) is 0 Å². The van der Waals surface area contributed by atoms with Gasteiger partial charge in [-0.2, -0.15) is 0 Å². The molecular weight excluding hydrogens is 304 g/mol. The number of carbonyl (C=O) groups excluding carboxylic acids is 1. The zero-order chi connectivity index (χ0) is 16.4. The maximum Gasteiger partial charge on any atom is 0.279 e. The van der Waals surface area contributed by atoms with Gasteiger partial charge in [-0.1, -0.05) is 24.4 Å². The number of nitrogens with one attached hydrogen (secondary N) is 1. The van der Waals surface area contributed by atoms with E-state index in [4.69, 9.17) is 4.52 Å². The van der Waals surface area contributed by atoms with Gasteiger partial charge < -0.3 is 4.52 Å². The van der Waals surface area contributed by atoms with Crippen LogP contribution in [0, 0.1) is 18.6 Å². The van der Waals surface area contributed by atoms with Gasteiger partial charge in [0.05, 0.1) is 11.9 Å². The highest BCUT2D eigenvalue weighted by Crippen LogP contribution is 2.35. The van der Waals surface area contributed by atoms with Gasteiger partial charge >= 0.3 is 0 Å². The highest BCUT2D eigenvalue weighted by molar-refractivity contribution is 6.02. The van der Waals surface area contributed by atoms with Crippen LogP contribution in [0.2, 0.25) is 0 Å². The van der Waals surface area contributed by atoms with Gasteiger partial charge in [-0.3, -0.25) is 10.1 Å². The molecule has 0 aliphatic heterocycles. The number of anilines is 1. The van der Waals surface area contributed by atoms with Gasteiger partial charge in [0.15, 0.2) is 11.5 Å². The molecule has 0 spiro atoms. The molecule has 2 aromatic rings. The lowest BCUT2D eigenvalue weighted by Crippen LogP contribution is -2.16. The molecular formula is C16H17F2N3O2. The van der Waals surface area contributed by atoms with Crippen LogP contribution < -0.4 is 5.32 Å². The summed E-state index contributed by atoms with van der Waals surface area (Å²) in [5, 5.41) is 6.51. The van der Waals surface area contributed by atoms with Crippen molar-refractivity contribution in [1.82, 2.24) is 10.1 Å². The number of halogens is 2. The Labute approximate surface area is 132 Å². The predicted octanol–water partition coefficient (Wildman–Crippen LogP) is 3.96. The number of pyridine rings is 1. The second-order valence-electron chi connectivity index (χ2n) is 5.79. The van der Waals surface area contributed by atoms with Crippen LogP contribution in [-0.4, -0.2) is 16.0 Å². The first-order valence-electron chi connectivity index (χ1n) is 7.65. The fourth-order valence-corrected chi connectivity index (χ4v) is 2.97. The quantitative estimate of drug-likeness (QED) is 0.929. The lowest BCUT2D eigenvalue weighted by Gasteiger charge is -2.19. The highest BCUT2D eigenvalue weighted by Gasteiger charge is 2.25. The fraction of sp³-hybridized carbons (Fsp3) is 0.438. The highest BCUT2D eigenvalue weighted by atomic mass is 19.1. The Balaban J connectivity index is 1.77. The van der Waals surface area contributed by atoms with Crippen LogP contribution in [0.3, 0.4) is 0 Å². The van der Waals surface area contributed by atoms with Crippen LogP contribution in [0.4, 0.5) is 14.7 Å². The molecule has 1 aliphatic carbocycles. The Morgan fingerprint density at radius 1 is 1.30 bits per heavy atom. The van der Waals surface area contributed by atoms with Gasteiger partial charge in [-0.05, 0) is 19.8 Å². The summed E-state index contributed by atoms with van der Waals surface area (Å²) in [5.41, 5.74) is 1.10. The van der Waals surface area contributed by atoms with Crippen molar-refractivity contribution >= 4 is 11.8 Å². The standard InChI is InChI=1S/C16H17F2N3O2/c1-9-13(10-5-3-2-4-6-10)21-23-16(9)20-15(22)14-12(18)7-11(17)8-19-14/h7-8,10H,2-6H2,1H3,(H,20,22). The fourth-order valence-electron chi connectivity index (χ4n) is 2.97. The molecule has 1 amide bonds. The Kier molecular flexibility index (Phi) is 4.36. The maximum atomic E-state index is 13.6. The van der Waals surface area contributed by atoms with Crippen molar-refractivity contribution in [2.45, 2.75) is 44.9 Å². The summed E-state index contributed by atoms with van der Waals surface area (Å²) in [7, 11) is 0. The molecule has 1 fully saturated rings. The zero-order valence-corrected chi connectivity index (χ0v) is 12.7. The number of nitrogens with zero attached hydrogens (tertiary/aromatic N) is 2. The van der Waals surface area contributed by atoms with E-state index in [0.717, 1.165) is 43.1 Å². The molecule has 2 aromatic heterocycles. The summed E-state index contributed by atoms with van der Waals surface area (Å²) in [4.78, 5) is 15.5. The normalized spacial score (nSPS) is 15.6. The van der Waals surface area contributed by atoms with Gasteiger partial charge in [0, 0.05) is 17.5 Å². The number of hydrogen-bond donors (Lipinski definition) is 1. The first-order valence-corrected chi connectivity index (χ1v) is 7.65. The first-order chi connectivity index (χ1) is 11.1. The third kappa shape index (κ3) is 3.23. The van der Waals surface area contributed by atoms with E-state index in [-0.39, 0.29) is 5.88 Å². The molecule has 2 heterocycles. The monoisotopic (exact) mass is 321 g/mol. The van der Waals surface area contributed by atoms with Crippen LogP contribution in [0.1, 0.15) is 59.8 Å². The van der Waals surface area contributed by atoms with Crippen molar-refractivity contribution < 1.29 is 18.1 Å². The summed E-state index contributed by atoms with van der Waals surface area (Å²) in [6, 6.07) is 0.614. The van der Waals surface area contributed by atoms with Crippen LogP contribution >= 0.6 is 0 Å². The lowest BCUT2D eigenvalue weighted by atomic mass is 9.86. The van der Waals surface area contributed by atoms with Crippen LogP contribution in [-0.2, 0) is 0 Å². The molecule has 0 aromatic carbocycles. The molecule has 1 N–H and O–H groups in total. The Morgan fingerprint density at radius 2 is 2.04 bits per heavy atom. The summed E-state index contributed by atoms with van der Waals surface area (Å²) in [6.07, 6.45) is 6.43. The molecule has 23 heavy (non-hydrogen) atoms. The van der Waals surface area contributed by atoms with Crippen LogP contribution in [0.25, 0.3) is 0 Å². The minimum atomic E-state index is -1.02. The Morgan fingerprint density at radius 3 is 2.74 bits per heavy atom. The summed E-state index contributed by atoms with van der Waals surface area (Å²) in [6.45, 7) is 1.81. The second kappa shape index (κ2) is 6.44. The third-order valence-electron chi connectivity index (χ3n) is 4.20. The summed E-state index contributed by atoms with van der Waals surface area (Å²) in [5.74, 6) is -2.14. The van der Waals surface area contributed by atoms with Gasteiger partial charge in [0.1, 0.15) is 5.82 Å². The maximum absolute atomic E-state index is 13.6. The molecule has 122 valence electrons. The Bertz CT molecular complexity index is 724. The van der Waals surface area contributed by atoms with Gasteiger partial charge in [-0.15, -0.1) is 0 Å². The molecule has 1 saturated carbocycles. The van der Waals surface area contributed by atoms with Crippen molar-refractivity contribution in [3.05, 3.63) is 40.8 Å². The van der Waals surface area contributed by atoms with E-state index in [1.165, 1.54) is 6.42 Å². The second-order valence-corrected chi connectivity index (χ2v) is 5.79. The predicted molar refractivity (Wildman–Crippen MR) is 79.2 cm³/mol. The van der Waals surface area contributed by atoms with Crippen LogP contribution in [0.15, 0.2) is 16.8 Å². The lowest BCUT2D eigenvalue weighted by molar-refractivity contribution is 0.101. The van der Waals surface area contributed by atoms with Gasteiger partial charge in [-0.25, -0.2) is 13.8 Å². The molecule has 0 unspecified atom stereocenters. The van der Waals surface area contributed by atoms with Crippen molar-refractivity contribution in [3.63, 3.8) is 0 Å². The largest absolute Gasteiger partial charge is 0.338 e. The van der Waals surface area contributed by atoms with Crippen molar-refractivity contribution in [2.24, 2.45) is 0 Å². The van der Waals surface area contributed by atoms with Crippen molar-refractivity contribution in [1.29, 1.82) is 0 Å². The number of carbonyl (C=O) groups is 1. The summed E-state index contributed by atoms with van der Waals surface area (Å²) >= 11 is 0. The summed E-state index contributed by atoms with van der Waals surface area (Å²) < 4.78 is 31.6. The molecule has 0 atom stereocenters. The molecule has 1 aliphatic rings.